The molecule has 0 amide bonds. The third-order valence-corrected chi connectivity index (χ3v) is 5.11. The number of aryl methyl sites for hydroxylation is 1. The molecule has 1 aliphatic rings. The predicted molar refractivity (Wildman–Crippen MR) is 89.3 cm³/mol. The van der Waals surface area contributed by atoms with Crippen molar-refractivity contribution in [3.63, 3.8) is 0 Å². The van der Waals surface area contributed by atoms with Crippen LogP contribution in [0.5, 0.6) is 0 Å². The molecule has 1 aromatic rings. The fourth-order valence-corrected chi connectivity index (χ4v) is 3.90. The monoisotopic (exact) mass is 291 g/mol. The summed E-state index contributed by atoms with van der Waals surface area (Å²) in [6.45, 7) is 11.5. The van der Waals surface area contributed by atoms with Crippen LogP contribution in [0.15, 0.2) is 12.3 Å². The van der Waals surface area contributed by atoms with Gasteiger partial charge in [-0.15, -0.1) is 0 Å². The van der Waals surface area contributed by atoms with Crippen LogP contribution < -0.4 is 5.32 Å². The molecule has 3 nitrogen and oxygen atoms in total. The van der Waals surface area contributed by atoms with E-state index in [0.29, 0.717) is 17.4 Å². The van der Waals surface area contributed by atoms with Gasteiger partial charge in [0.25, 0.3) is 0 Å². The van der Waals surface area contributed by atoms with Crippen molar-refractivity contribution >= 4 is 0 Å². The standard InChI is InChI=1S/C18H33N3/c1-5-12-19-17(15-9-7-8-11-18(15,3)4)16-10-13-20-21(16)14-6-2/h10,13,15,17,19H,5-9,11-12,14H2,1-4H3. The van der Waals surface area contributed by atoms with E-state index in [-0.39, 0.29) is 0 Å². The Labute approximate surface area is 130 Å². The Kier molecular flexibility index (Phi) is 5.86. The average Bonchev–Trinajstić information content (AvgIpc) is 2.89. The molecule has 2 unspecified atom stereocenters. The van der Waals surface area contributed by atoms with Crippen molar-refractivity contribution in [1.29, 1.82) is 0 Å². The van der Waals surface area contributed by atoms with Gasteiger partial charge >= 0.3 is 0 Å². The zero-order valence-corrected chi connectivity index (χ0v) is 14.4. The first-order valence-electron chi connectivity index (χ1n) is 8.85. The molecule has 0 aromatic carbocycles. The number of nitrogens with zero attached hydrogens (tertiary/aromatic N) is 2. The number of hydrogen-bond donors (Lipinski definition) is 1. The average molecular weight is 291 g/mol. The summed E-state index contributed by atoms with van der Waals surface area (Å²) in [6.07, 6.45) is 9.75. The second-order valence-electron chi connectivity index (χ2n) is 7.25. The molecule has 2 rings (SSSR count). The summed E-state index contributed by atoms with van der Waals surface area (Å²) in [5.41, 5.74) is 1.82. The molecule has 0 bridgehead atoms. The van der Waals surface area contributed by atoms with Gasteiger partial charge in [-0.1, -0.05) is 40.5 Å². The SMILES string of the molecule is CCCNC(c1ccnn1CCC)C1CCCCC1(C)C. The van der Waals surface area contributed by atoms with E-state index in [1.54, 1.807) is 0 Å². The maximum atomic E-state index is 4.55. The molecule has 1 heterocycles. The van der Waals surface area contributed by atoms with Crippen molar-refractivity contribution in [2.75, 3.05) is 6.54 Å². The number of hydrogen-bond acceptors (Lipinski definition) is 2. The lowest BCUT2D eigenvalue weighted by Crippen LogP contribution is -2.40. The normalized spacial score (nSPS) is 23.1. The third-order valence-electron chi connectivity index (χ3n) is 5.11. The Morgan fingerprint density at radius 2 is 2.14 bits per heavy atom. The quantitative estimate of drug-likeness (QED) is 0.798. The Morgan fingerprint density at radius 1 is 1.33 bits per heavy atom. The van der Waals surface area contributed by atoms with Crippen LogP contribution in [0.4, 0.5) is 0 Å². The van der Waals surface area contributed by atoms with E-state index in [9.17, 15) is 0 Å². The second kappa shape index (κ2) is 7.44. The molecule has 1 saturated carbocycles. The maximum absolute atomic E-state index is 4.55. The highest BCUT2D eigenvalue weighted by atomic mass is 15.3. The van der Waals surface area contributed by atoms with Gasteiger partial charge < -0.3 is 5.32 Å². The molecule has 0 spiro atoms. The molecule has 3 heteroatoms. The molecule has 1 aliphatic carbocycles. The van der Waals surface area contributed by atoms with Crippen LogP contribution in [-0.2, 0) is 6.54 Å². The van der Waals surface area contributed by atoms with Crippen molar-refractivity contribution < 1.29 is 0 Å². The molecule has 1 N–H and O–H groups in total. The number of rotatable bonds is 7. The minimum absolute atomic E-state index is 0.422. The van der Waals surface area contributed by atoms with Crippen LogP contribution in [0, 0.1) is 11.3 Å². The summed E-state index contributed by atoms with van der Waals surface area (Å²) in [7, 11) is 0. The van der Waals surface area contributed by atoms with Crippen LogP contribution in [0.3, 0.4) is 0 Å². The van der Waals surface area contributed by atoms with Crippen LogP contribution in [0.25, 0.3) is 0 Å². The Hall–Kier alpha value is -0.830. The van der Waals surface area contributed by atoms with Crippen LogP contribution in [0.1, 0.15) is 78.0 Å². The first-order valence-corrected chi connectivity index (χ1v) is 8.85. The minimum atomic E-state index is 0.422. The van der Waals surface area contributed by atoms with E-state index < -0.39 is 0 Å². The lowest BCUT2D eigenvalue weighted by atomic mass is 9.65. The molecule has 1 fully saturated rings. The number of aromatic nitrogens is 2. The first-order chi connectivity index (χ1) is 10.1. The molecular weight excluding hydrogens is 258 g/mol. The van der Waals surface area contributed by atoms with Crippen LogP contribution in [0.2, 0.25) is 0 Å². The van der Waals surface area contributed by atoms with Gasteiger partial charge in [0.2, 0.25) is 0 Å². The van der Waals surface area contributed by atoms with E-state index in [1.165, 1.54) is 37.8 Å². The van der Waals surface area contributed by atoms with Crippen molar-refractivity contribution in [2.24, 2.45) is 11.3 Å². The highest BCUT2D eigenvalue weighted by molar-refractivity contribution is 5.11. The molecule has 2 atom stereocenters. The largest absolute Gasteiger partial charge is 0.308 e. The summed E-state index contributed by atoms with van der Waals surface area (Å²) < 4.78 is 2.22. The molecular formula is C18H33N3. The summed E-state index contributed by atoms with van der Waals surface area (Å²) in [5, 5.41) is 8.39. The lowest BCUT2D eigenvalue weighted by molar-refractivity contribution is 0.0946. The van der Waals surface area contributed by atoms with Gasteiger partial charge in [-0.25, -0.2) is 0 Å². The van der Waals surface area contributed by atoms with Gasteiger partial charge in [0, 0.05) is 12.7 Å². The van der Waals surface area contributed by atoms with Crippen LogP contribution >= 0.6 is 0 Å². The fourth-order valence-electron chi connectivity index (χ4n) is 3.90. The van der Waals surface area contributed by atoms with Crippen molar-refractivity contribution in [2.45, 2.75) is 78.8 Å². The van der Waals surface area contributed by atoms with Crippen molar-refractivity contribution in [1.82, 2.24) is 15.1 Å². The Bertz CT molecular complexity index is 422. The van der Waals surface area contributed by atoms with E-state index in [2.05, 4.69) is 48.9 Å². The first kappa shape index (κ1) is 16.5. The topological polar surface area (TPSA) is 29.9 Å². The zero-order valence-electron chi connectivity index (χ0n) is 14.4. The molecule has 1 aromatic heterocycles. The van der Waals surface area contributed by atoms with E-state index in [0.717, 1.165) is 19.5 Å². The lowest BCUT2D eigenvalue weighted by Gasteiger charge is -2.43. The molecule has 0 saturated heterocycles. The van der Waals surface area contributed by atoms with E-state index in [4.69, 9.17) is 0 Å². The minimum Gasteiger partial charge on any atom is -0.308 e. The Morgan fingerprint density at radius 3 is 2.81 bits per heavy atom. The maximum Gasteiger partial charge on any atom is 0.0556 e. The van der Waals surface area contributed by atoms with Gasteiger partial charge in [-0.05, 0) is 49.6 Å². The van der Waals surface area contributed by atoms with Crippen molar-refractivity contribution in [3.8, 4) is 0 Å². The summed E-state index contributed by atoms with van der Waals surface area (Å²) >= 11 is 0. The zero-order chi connectivity index (χ0) is 15.3. The summed E-state index contributed by atoms with van der Waals surface area (Å²) in [6, 6.07) is 2.68. The molecule has 120 valence electrons. The van der Waals surface area contributed by atoms with Gasteiger partial charge in [0.05, 0.1) is 11.7 Å². The molecule has 0 aliphatic heterocycles. The highest BCUT2D eigenvalue weighted by Crippen LogP contribution is 2.46. The summed E-state index contributed by atoms with van der Waals surface area (Å²) in [4.78, 5) is 0. The second-order valence-corrected chi connectivity index (χ2v) is 7.25. The summed E-state index contributed by atoms with van der Waals surface area (Å²) in [5.74, 6) is 0.713. The van der Waals surface area contributed by atoms with E-state index >= 15 is 0 Å². The van der Waals surface area contributed by atoms with Gasteiger partial charge in [0.15, 0.2) is 0 Å². The highest BCUT2D eigenvalue weighted by Gasteiger charge is 2.38. The van der Waals surface area contributed by atoms with Crippen LogP contribution in [-0.4, -0.2) is 16.3 Å². The van der Waals surface area contributed by atoms with Gasteiger partial charge in [-0.2, -0.15) is 5.10 Å². The predicted octanol–water partition coefficient (Wildman–Crippen LogP) is 4.55. The van der Waals surface area contributed by atoms with Gasteiger partial charge in [0.1, 0.15) is 0 Å². The van der Waals surface area contributed by atoms with Gasteiger partial charge in [-0.3, -0.25) is 4.68 Å². The number of nitrogens with one attached hydrogen (secondary N) is 1. The van der Waals surface area contributed by atoms with E-state index in [1.807, 2.05) is 6.20 Å². The molecule has 0 radical (unpaired) electrons. The fraction of sp³-hybridized carbons (Fsp3) is 0.833. The molecule has 21 heavy (non-hydrogen) atoms. The third kappa shape index (κ3) is 3.88. The smallest absolute Gasteiger partial charge is 0.0556 e. The van der Waals surface area contributed by atoms with Crippen molar-refractivity contribution in [3.05, 3.63) is 18.0 Å². The Balaban J connectivity index is 2.26.